The number of hydrogen-bond donors (Lipinski definition) is 2. The van der Waals surface area contributed by atoms with Gasteiger partial charge in [0.1, 0.15) is 18.0 Å². The number of anilines is 2. The van der Waals surface area contributed by atoms with Gasteiger partial charge in [-0.25, -0.2) is 4.39 Å². The second kappa shape index (κ2) is 8.37. The predicted octanol–water partition coefficient (Wildman–Crippen LogP) is 3.69. The zero-order chi connectivity index (χ0) is 20.4. The first-order valence-electron chi connectivity index (χ1n) is 8.93. The third kappa shape index (κ3) is 5.06. The molecule has 27 heavy (non-hydrogen) atoms. The van der Waals surface area contributed by atoms with E-state index in [4.69, 9.17) is 0 Å². The van der Waals surface area contributed by atoms with Gasteiger partial charge in [-0.2, -0.15) is 28.1 Å². The van der Waals surface area contributed by atoms with Crippen LogP contribution in [0.1, 0.15) is 52.3 Å². The second-order valence-corrected chi connectivity index (χ2v) is 6.87. The number of nitrogens with one attached hydrogen (secondary N) is 1. The summed E-state index contributed by atoms with van der Waals surface area (Å²) in [5, 5.41) is 12.0. The van der Waals surface area contributed by atoms with E-state index in [2.05, 4.69) is 20.3 Å². The zero-order valence-corrected chi connectivity index (χ0v) is 15.8. The molecule has 1 unspecified atom stereocenters. The monoisotopic (exact) mass is 391 g/mol. The van der Waals surface area contributed by atoms with Gasteiger partial charge in [-0.1, -0.05) is 6.92 Å². The number of nitrogens with zero attached hydrogens (tertiary/aromatic N) is 4. The Kier molecular flexibility index (Phi) is 6.61. The molecule has 0 aromatic carbocycles. The topological polar surface area (TPSA) is 74.2 Å². The van der Waals surface area contributed by atoms with Gasteiger partial charge in [0.25, 0.3) is 0 Å². The summed E-state index contributed by atoms with van der Waals surface area (Å²) in [4.78, 5) is 14.0. The van der Waals surface area contributed by atoms with Gasteiger partial charge < -0.3 is 15.3 Å². The molecule has 2 atom stereocenters. The number of halogens is 4. The summed E-state index contributed by atoms with van der Waals surface area (Å²) in [5.41, 5.74) is 0.109. The SMILES string of the molecule is CC[C@@H](Nc1nc(C2=C(F)C(O)CCC2)nc(N(C)C(C)C)n1)C(F)(F)F. The first kappa shape index (κ1) is 21.3. The fourth-order valence-corrected chi connectivity index (χ4v) is 2.66. The van der Waals surface area contributed by atoms with Gasteiger partial charge in [0.15, 0.2) is 5.82 Å². The third-order valence-electron chi connectivity index (χ3n) is 4.58. The minimum absolute atomic E-state index is 0.0338. The molecule has 0 spiro atoms. The standard InChI is InChI=1S/C17H25F4N5O/c1-5-12(17(19,20)21)22-15-23-14(10-7-6-8-11(27)13(10)18)24-16(25-15)26(4)9(2)3/h9,11-12,27H,5-8H2,1-4H3,(H,22,23,24,25)/t11?,12-/m1/s1. The fraction of sp³-hybridized carbons (Fsp3) is 0.706. The number of alkyl halides is 3. The number of aliphatic hydroxyl groups is 1. The second-order valence-electron chi connectivity index (χ2n) is 6.87. The van der Waals surface area contributed by atoms with Crippen molar-refractivity contribution in [3.05, 3.63) is 11.7 Å². The molecule has 6 nitrogen and oxygen atoms in total. The van der Waals surface area contributed by atoms with Gasteiger partial charge in [0.2, 0.25) is 11.9 Å². The predicted molar refractivity (Wildman–Crippen MR) is 95.0 cm³/mol. The maximum Gasteiger partial charge on any atom is 0.408 e. The molecule has 2 rings (SSSR count). The van der Waals surface area contributed by atoms with Gasteiger partial charge in [-0.3, -0.25) is 0 Å². The molecule has 2 N–H and O–H groups in total. The highest BCUT2D eigenvalue weighted by Crippen LogP contribution is 2.33. The minimum atomic E-state index is -4.47. The minimum Gasteiger partial charge on any atom is -0.386 e. The summed E-state index contributed by atoms with van der Waals surface area (Å²) in [5.74, 6) is -0.926. The number of aliphatic hydroxyl groups excluding tert-OH is 1. The lowest BCUT2D eigenvalue weighted by atomic mass is 9.96. The maximum atomic E-state index is 14.4. The molecule has 1 aromatic rings. The first-order valence-corrected chi connectivity index (χ1v) is 8.93. The van der Waals surface area contributed by atoms with Crippen molar-refractivity contribution >= 4 is 17.5 Å². The molecule has 1 aliphatic carbocycles. The van der Waals surface area contributed by atoms with Crippen LogP contribution in [-0.2, 0) is 0 Å². The summed E-state index contributed by atoms with van der Waals surface area (Å²) in [6.45, 7) is 5.13. The summed E-state index contributed by atoms with van der Waals surface area (Å²) >= 11 is 0. The van der Waals surface area contributed by atoms with E-state index in [1.54, 1.807) is 11.9 Å². The number of rotatable bonds is 6. The molecule has 1 aromatic heterocycles. The highest BCUT2D eigenvalue weighted by atomic mass is 19.4. The molecule has 1 heterocycles. The van der Waals surface area contributed by atoms with Crippen LogP contribution in [0.4, 0.5) is 29.5 Å². The van der Waals surface area contributed by atoms with Gasteiger partial charge in [-0.15, -0.1) is 0 Å². The van der Waals surface area contributed by atoms with Gasteiger partial charge in [0, 0.05) is 18.7 Å². The molecule has 0 saturated heterocycles. The Balaban J connectivity index is 2.51. The smallest absolute Gasteiger partial charge is 0.386 e. The van der Waals surface area contributed by atoms with Crippen molar-refractivity contribution in [3.63, 3.8) is 0 Å². The molecule has 1 aliphatic rings. The van der Waals surface area contributed by atoms with Gasteiger partial charge >= 0.3 is 6.18 Å². The van der Waals surface area contributed by atoms with Gasteiger partial charge in [0.05, 0.1) is 0 Å². The van der Waals surface area contributed by atoms with Gasteiger partial charge in [-0.05, 0) is 39.5 Å². The van der Waals surface area contributed by atoms with E-state index in [0.29, 0.717) is 12.8 Å². The van der Waals surface area contributed by atoms with Crippen LogP contribution in [0.2, 0.25) is 0 Å². The van der Waals surface area contributed by atoms with Crippen LogP contribution < -0.4 is 10.2 Å². The Labute approximate surface area is 155 Å². The quantitative estimate of drug-likeness (QED) is 0.721. The molecule has 0 amide bonds. The Morgan fingerprint density at radius 2 is 1.93 bits per heavy atom. The molecule has 0 bridgehead atoms. The van der Waals surface area contributed by atoms with E-state index >= 15 is 0 Å². The molecule has 0 saturated carbocycles. The van der Waals surface area contributed by atoms with Crippen LogP contribution in [0.5, 0.6) is 0 Å². The van der Waals surface area contributed by atoms with E-state index < -0.39 is 24.1 Å². The van der Waals surface area contributed by atoms with Crippen molar-refractivity contribution in [2.75, 3.05) is 17.3 Å². The average molecular weight is 391 g/mol. The Morgan fingerprint density at radius 3 is 2.48 bits per heavy atom. The summed E-state index contributed by atoms with van der Waals surface area (Å²) in [6.07, 6.45) is -4.81. The van der Waals surface area contributed by atoms with Crippen molar-refractivity contribution < 1.29 is 22.7 Å². The number of aromatic nitrogens is 3. The molecule has 10 heteroatoms. The molecular weight excluding hydrogens is 366 g/mol. The van der Waals surface area contributed by atoms with E-state index in [0.717, 1.165) is 0 Å². The lowest BCUT2D eigenvalue weighted by Crippen LogP contribution is -2.36. The van der Waals surface area contributed by atoms with Crippen LogP contribution in [0, 0.1) is 0 Å². The van der Waals surface area contributed by atoms with Crippen LogP contribution in [0.25, 0.3) is 5.57 Å². The highest BCUT2D eigenvalue weighted by Gasteiger charge is 2.39. The highest BCUT2D eigenvalue weighted by molar-refractivity contribution is 5.65. The average Bonchev–Trinajstić information content (AvgIpc) is 2.59. The molecule has 0 aliphatic heterocycles. The molecule has 0 radical (unpaired) electrons. The Hall–Kier alpha value is -1.97. The molecule has 152 valence electrons. The van der Waals surface area contributed by atoms with E-state index in [1.807, 2.05) is 13.8 Å². The normalized spacial score (nSPS) is 19.4. The third-order valence-corrected chi connectivity index (χ3v) is 4.58. The van der Waals surface area contributed by atoms with E-state index in [-0.39, 0.29) is 42.2 Å². The van der Waals surface area contributed by atoms with Crippen molar-refractivity contribution in [2.45, 2.75) is 70.8 Å². The zero-order valence-electron chi connectivity index (χ0n) is 15.8. The molecule has 0 fully saturated rings. The maximum absolute atomic E-state index is 14.4. The van der Waals surface area contributed by atoms with Crippen LogP contribution in [-0.4, -0.2) is 51.5 Å². The van der Waals surface area contributed by atoms with Crippen molar-refractivity contribution in [1.82, 2.24) is 15.0 Å². The van der Waals surface area contributed by atoms with E-state index in [1.165, 1.54) is 6.92 Å². The van der Waals surface area contributed by atoms with Crippen molar-refractivity contribution in [3.8, 4) is 0 Å². The molecular formula is C17H25F4N5O. The number of allylic oxidation sites excluding steroid dienone is 1. The first-order chi connectivity index (χ1) is 12.5. The summed E-state index contributed by atoms with van der Waals surface area (Å²) in [7, 11) is 1.69. The van der Waals surface area contributed by atoms with E-state index in [9.17, 15) is 22.7 Å². The van der Waals surface area contributed by atoms with Crippen LogP contribution >= 0.6 is 0 Å². The largest absolute Gasteiger partial charge is 0.408 e. The van der Waals surface area contributed by atoms with Crippen LogP contribution in [0.15, 0.2) is 5.83 Å². The Morgan fingerprint density at radius 1 is 1.26 bits per heavy atom. The lowest BCUT2D eigenvalue weighted by Gasteiger charge is -2.25. The summed E-state index contributed by atoms with van der Waals surface area (Å²) < 4.78 is 53.7. The summed E-state index contributed by atoms with van der Waals surface area (Å²) in [6, 6.07) is -1.87. The van der Waals surface area contributed by atoms with Crippen molar-refractivity contribution in [1.29, 1.82) is 0 Å². The lowest BCUT2D eigenvalue weighted by molar-refractivity contribution is -0.143. The number of hydrogen-bond acceptors (Lipinski definition) is 6. The van der Waals surface area contributed by atoms with Crippen molar-refractivity contribution in [2.24, 2.45) is 0 Å². The van der Waals surface area contributed by atoms with Crippen LogP contribution in [0.3, 0.4) is 0 Å². The Bertz CT molecular complexity index is 692. The fourth-order valence-electron chi connectivity index (χ4n) is 2.66.